The summed E-state index contributed by atoms with van der Waals surface area (Å²) in [6.45, 7) is 10.7. The van der Waals surface area contributed by atoms with E-state index >= 15 is 0 Å². The molecule has 0 aliphatic heterocycles. The van der Waals surface area contributed by atoms with Gasteiger partial charge in [0.25, 0.3) is 0 Å². The number of unbranched alkanes of at least 4 members (excludes halogenated alkanes) is 7. The molecule has 0 N–H and O–H groups in total. The summed E-state index contributed by atoms with van der Waals surface area (Å²) in [4.78, 5) is 0. The maximum absolute atomic E-state index is 3.94. The van der Waals surface area contributed by atoms with E-state index in [9.17, 15) is 0 Å². The number of rotatable bonds is 11. The molecule has 0 rings (SSSR count). The molecule has 0 heteroatoms. The SMILES string of the molecule is C=C(C)CCCCCCCCCCC(C)C. The third-order valence-corrected chi connectivity index (χ3v) is 3.14. The highest BCUT2D eigenvalue weighted by Gasteiger charge is 1.95. The lowest BCUT2D eigenvalue weighted by Gasteiger charge is -2.04. The monoisotopic (exact) mass is 224 g/mol. The normalized spacial score (nSPS) is 11.0. The second kappa shape index (κ2) is 11.2. The first kappa shape index (κ1) is 15.7. The van der Waals surface area contributed by atoms with Gasteiger partial charge in [-0.15, -0.1) is 6.58 Å². The lowest BCUT2D eigenvalue weighted by Crippen LogP contribution is -1.87. The molecule has 0 aromatic carbocycles. The van der Waals surface area contributed by atoms with E-state index in [0.29, 0.717) is 0 Å². The van der Waals surface area contributed by atoms with E-state index in [2.05, 4.69) is 27.4 Å². The molecule has 16 heavy (non-hydrogen) atoms. The molecular weight excluding hydrogens is 192 g/mol. The van der Waals surface area contributed by atoms with Crippen LogP contribution < -0.4 is 0 Å². The van der Waals surface area contributed by atoms with Crippen molar-refractivity contribution in [2.24, 2.45) is 5.92 Å². The van der Waals surface area contributed by atoms with E-state index in [1.54, 1.807) is 0 Å². The van der Waals surface area contributed by atoms with E-state index in [4.69, 9.17) is 0 Å². The van der Waals surface area contributed by atoms with Crippen LogP contribution in [-0.4, -0.2) is 0 Å². The third kappa shape index (κ3) is 13.7. The quantitative estimate of drug-likeness (QED) is 0.293. The second-order valence-corrected chi connectivity index (χ2v) is 5.72. The molecular formula is C16H32. The molecule has 0 aromatic heterocycles. The van der Waals surface area contributed by atoms with Crippen molar-refractivity contribution >= 4 is 0 Å². The fraction of sp³-hybridized carbons (Fsp3) is 0.875. The van der Waals surface area contributed by atoms with E-state index in [0.717, 1.165) is 5.92 Å². The van der Waals surface area contributed by atoms with Crippen molar-refractivity contribution in [3.05, 3.63) is 12.2 Å². The molecule has 0 bridgehead atoms. The number of hydrogen-bond acceptors (Lipinski definition) is 0. The Morgan fingerprint density at radius 1 is 0.812 bits per heavy atom. The summed E-state index contributed by atoms with van der Waals surface area (Å²) in [6, 6.07) is 0. The van der Waals surface area contributed by atoms with Crippen molar-refractivity contribution in [3.8, 4) is 0 Å². The van der Waals surface area contributed by atoms with Crippen LogP contribution >= 0.6 is 0 Å². The summed E-state index contributed by atoms with van der Waals surface area (Å²) in [5.74, 6) is 0.891. The molecule has 0 aromatic rings. The van der Waals surface area contributed by atoms with Crippen LogP contribution in [0.4, 0.5) is 0 Å². The molecule has 0 fully saturated rings. The van der Waals surface area contributed by atoms with Gasteiger partial charge in [-0.1, -0.05) is 70.8 Å². The van der Waals surface area contributed by atoms with Gasteiger partial charge >= 0.3 is 0 Å². The van der Waals surface area contributed by atoms with Crippen molar-refractivity contribution in [2.75, 3.05) is 0 Å². The molecule has 0 spiro atoms. The van der Waals surface area contributed by atoms with Crippen molar-refractivity contribution in [3.63, 3.8) is 0 Å². The maximum Gasteiger partial charge on any atom is -0.0326 e. The van der Waals surface area contributed by atoms with Crippen molar-refractivity contribution in [1.29, 1.82) is 0 Å². The molecule has 0 heterocycles. The Bertz CT molecular complexity index is 155. The zero-order chi connectivity index (χ0) is 12.2. The lowest BCUT2D eigenvalue weighted by atomic mass is 10.0. The highest BCUT2D eigenvalue weighted by atomic mass is 14.0. The number of hydrogen-bond donors (Lipinski definition) is 0. The topological polar surface area (TPSA) is 0 Å². The molecule has 0 aliphatic carbocycles. The van der Waals surface area contributed by atoms with Crippen LogP contribution in [-0.2, 0) is 0 Å². The molecule has 0 nitrogen and oxygen atoms in total. The minimum absolute atomic E-state index is 0.891. The molecule has 96 valence electrons. The zero-order valence-corrected chi connectivity index (χ0v) is 11.9. The molecule has 0 radical (unpaired) electrons. The Hall–Kier alpha value is -0.260. The third-order valence-electron chi connectivity index (χ3n) is 3.14. The van der Waals surface area contributed by atoms with E-state index in [1.807, 2.05) is 0 Å². The van der Waals surface area contributed by atoms with Gasteiger partial charge in [-0.05, 0) is 25.7 Å². The molecule has 0 amide bonds. The van der Waals surface area contributed by atoms with Gasteiger partial charge in [0.05, 0.1) is 0 Å². The van der Waals surface area contributed by atoms with Crippen LogP contribution in [0.15, 0.2) is 12.2 Å². The van der Waals surface area contributed by atoms with Gasteiger partial charge in [-0.3, -0.25) is 0 Å². The molecule has 0 saturated heterocycles. The van der Waals surface area contributed by atoms with Crippen LogP contribution in [0, 0.1) is 5.92 Å². The van der Waals surface area contributed by atoms with Crippen molar-refractivity contribution in [1.82, 2.24) is 0 Å². The first-order valence-corrected chi connectivity index (χ1v) is 7.27. The first-order valence-electron chi connectivity index (χ1n) is 7.27. The predicted octanol–water partition coefficient (Wildman–Crippen LogP) is 6.12. The van der Waals surface area contributed by atoms with Gasteiger partial charge in [-0.2, -0.15) is 0 Å². The minimum Gasteiger partial charge on any atom is -0.100 e. The van der Waals surface area contributed by atoms with Crippen LogP contribution in [0.5, 0.6) is 0 Å². The van der Waals surface area contributed by atoms with Crippen LogP contribution in [0.3, 0.4) is 0 Å². The predicted molar refractivity (Wildman–Crippen MR) is 75.8 cm³/mol. The summed E-state index contributed by atoms with van der Waals surface area (Å²) < 4.78 is 0. The highest BCUT2D eigenvalue weighted by Crippen LogP contribution is 2.13. The Kier molecular flexibility index (Phi) is 11.0. The van der Waals surface area contributed by atoms with Gasteiger partial charge in [0.15, 0.2) is 0 Å². The summed E-state index contributed by atoms with van der Waals surface area (Å²) in [5, 5.41) is 0. The minimum atomic E-state index is 0.891. The van der Waals surface area contributed by atoms with Gasteiger partial charge in [-0.25, -0.2) is 0 Å². The van der Waals surface area contributed by atoms with Gasteiger partial charge in [0.1, 0.15) is 0 Å². The molecule has 0 unspecified atom stereocenters. The van der Waals surface area contributed by atoms with Gasteiger partial charge < -0.3 is 0 Å². The summed E-state index contributed by atoms with van der Waals surface area (Å²) in [5.41, 5.74) is 1.34. The maximum atomic E-state index is 3.94. The average molecular weight is 224 g/mol. The first-order chi connectivity index (χ1) is 7.63. The summed E-state index contributed by atoms with van der Waals surface area (Å²) in [6.07, 6.45) is 14.1. The highest BCUT2D eigenvalue weighted by molar-refractivity contribution is 4.86. The van der Waals surface area contributed by atoms with Crippen molar-refractivity contribution in [2.45, 2.75) is 85.0 Å². The Morgan fingerprint density at radius 3 is 1.69 bits per heavy atom. The van der Waals surface area contributed by atoms with Crippen LogP contribution in [0.1, 0.15) is 85.0 Å². The molecule has 0 aliphatic rings. The van der Waals surface area contributed by atoms with Crippen molar-refractivity contribution < 1.29 is 0 Å². The van der Waals surface area contributed by atoms with Gasteiger partial charge in [0.2, 0.25) is 0 Å². The smallest absolute Gasteiger partial charge is 0.0326 e. The Morgan fingerprint density at radius 2 is 1.25 bits per heavy atom. The largest absolute Gasteiger partial charge is 0.100 e. The van der Waals surface area contributed by atoms with E-state index in [-0.39, 0.29) is 0 Å². The Labute approximate surface area is 104 Å². The standard InChI is InChI=1S/C16H32/c1-15(2)13-11-9-7-5-6-8-10-12-14-16(3)4/h16H,1,5-14H2,2-4H3. The fourth-order valence-corrected chi connectivity index (χ4v) is 2.04. The second-order valence-electron chi connectivity index (χ2n) is 5.72. The summed E-state index contributed by atoms with van der Waals surface area (Å²) in [7, 11) is 0. The van der Waals surface area contributed by atoms with E-state index in [1.165, 1.54) is 69.8 Å². The molecule has 0 saturated carbocycles. The Balaban J connectivity index is 2.96. The van der Waals surface area contributed by atoms with Gasteiger partial charge in [0, 0.05) is 0 Å². The molecule has 0 atom stereocenters. The summed E-state index contributed by atoms with van der Waals surface area (Å²) >= 11 is 0. The fourth-order valence-electron chi connectivity index (χ4n) is 2.04. The average Bonchev–Trinajstić information content (AvgIpc) is 2.20. The zero-order valence-electron chi connectivity index (χ0n) is 11.9. The number of allylic oxidation sites excluding steroid dienone is 1. The van der Waals surface area contributed by atoms with Crippen LogP contribution in [0.25, 0.3) is 0 Å². The lowest BCUT2D eigenvalue weighted by molar-refractivity contribution is 0.507. The van der Waals surface area contributed by atoms with E-state index < -0.39 is 0 Å². The van der Waals surface area contributed by atoms with Crippen LogP contribution in [0.2, 0.25) is 0 Å².